The van der Waals surface area contributed by atoms with Gasteiger partial charge in [-0.1, -0.05) is 0 Å². The highest BCUT2D eigenvalue weighted by atomic mass is 19.3. The summed E-state index contributed by atoms with van der Waals surface area (Å²) in [5, 5.41) is 13.0. The molecule has 8 heteroatoms. The van der Waals surface area contributed by atoms with Crippen molar-refractivity contribution in [2.75, 3.05) is 12.4 Å². The molecule has 0 radical (unpaired) electrons. The molecule has 1 fully saturated rings. The molecule has 0 aromatic carbocycles. The molecule has 1 saturated carbocycles. The van der Waals surface area contributed by atoms with Gasteiger partial charge in [-0.25, -0.2) is 23.7 Å². The summed E-state index contributed by atoms with van der Waals surface area (Å²) in [7, 11) is 1.52. The van der Waals surface area contributed by atoms with Gasteiger partial charge in [0, 0.05) is 18.0 Å². The van der Waals surface area contributed by atoms with Crippen molar-refractivity contribution in [2.24, 2.45) is 0 Å². The van der Waals surface area contributed by atoms with Gasteiger partial charge in [0.2, 0.25) is 11.8 Å². The molecule has 0 spiro atoms. The summed E-state index contributed by atoms with van der Waals surface area (Å²) in [6.07, 6.45) is 3.66. The summed E-state index contributed by atoms with van der Waals surface area (Å²) in [4.78, 5) is 12.9. The van der Waals surface area contributed by atoms with Crippen LogP contribution in [0.1, 0.15) is 44.1 Å². The molecule has 0 bridgehead atoms. The number of aromatic nitrogens is 3. The maximum Gasteiger partial charge on any atom is 0.258 e. The van der Waals surface area contributed by atoms with E-state index in [2.05, 4.69) is 20.3 Å². The van der Waals surface area contributed by atoms with Gasteiger partial charge in [-0.15, -0.1) is 0 Å². The largest absolute Gasteiger partial charge is 0.480 e. The number of alkyl halides is 2. The van der Waals surface area contributed by atoms with E-state index >= 15 is 0 Å². The Morgan fingerprint density at radius 3 is 2.56 bits per heavy atom. The Bertz CT molecular complexity index is 736. The maximum absolute atomic E-state index is 12.8. The van der Waals surface area contributed by atoms with Crippen molar-refractivity contribution in [3.05, 3.63) is 18.0 Å². The number of ether oxygens (including phenoxy) is 1. The summed E-state index contributed by atoms with van der Waals surface area (Å²) >= 11 is 0. The number of methoxy groups -OCH3 is 1. The topological polar surface area (TPSA) is 80.2 Å². The number of aliphatic hydroxyl groups excluding tert-OH is 1. The first-order valence-corrected chi connectivity index (χ1v) is 8.42. The number of hydrogen-bond donors (Lipinski definition) is 2. The number of halogens is 2. The molecule has 1 atom stereocenters. The predicted molar refractivity (Wildman–Crippen MR) is 90.2 cm³/mol. The Kier molecular flexibility index (Phi) is 5.27. The molecule has 1 aliphatic rings. The van der Waals surface area contributed by atoms with Crippen LogP contribution in [-0.4, -0.2) is 45.7 Å². The number of anilines is 1. The standard InChI is InChI=1S/C17H22F2N4O2/c1-9(15(18)19)22-17-21-8-13-14(23-17)12(7-20-16(13)25-2)10-3-5-11(24)6-4-10/h7-11,15,24H,3-6H2,1-2H3,(H,21,22,23)/t9-,10-,11-/m0/s1. The minimum Gasteiger partial charge on any atom is -0.480 e. The number of hydrogen-bond acceptors (Lipinski definition) is 6. The average Bonchev–Trinajstić information content (AvgIpc) is 2.61. The second-order valence-electron chi connectivity index (χ2n) is 6.45. The van der Waals surface area contributed by atoms with Crippen molar-refractivity contribution in [2.45, 2.75) is 57.1 Å². The fraction of sp³-hybridized carbons (Fsp3) is 0.588. The number of fused-ring (bicyclic) bond motifs is 1. The lowest BCUT2D eigenvalue weighted by Gasteiger charge is -2.26. The summed E-state index contributed by atoms with van der Waals surface area (Å²) in [5.74, 6) is 0.785. The summed E-state index contributed by atoms with van der Waals surface area (Å²) in [5.41, 5.74) is 1.60. The zero-order valence-corrected chi connectivity index (χ0v) is 14.2. The zero-order chi connectivity index (χ0) is 18.0. The van der Waals surface area contributed by atoms with Crippen LogP contribution in [0.3, 0.4) is 0 Å². The SMILES string of the molecule is COc1ncc([C@H]2CC[C@H](O)CC2)c2nc(N[C@@H](C)C(F)F)ncc12. The number of nitrogens with zero attached hydrogens (tertiary/aromatic N) is 3. The van der Waals surface area contributed by atoms with E-state index in [0.717, 1.165) is 31.2 Å². The van der Waals surface area contributed by atoms with Gasteiger partial charge >= 0.3 is 0 Å². The first-order valence-electron chi connectivity index (χ1n) is 8.42. The Hall–Kier alpha value is -2.09. The van der Waals surface area contributed by atoms with E-state index in [0.29, 0.717) is 16.8 Å². The van der Waals surface area contributed by atoms with Crippen LogP contribution < -0.4 is 10.1 Å². The van der Waals surface area contributed by atoms with E-state index in [1.54, 1.807) is 12.4 Å². The highest BCUT2D eigenvalue weighted by molar-refractivity contribution is 5.86. The van der Waals surface area contributed by atoms with Crippen molar-refractivity contribution >= 4 is 16.9 Å². The predicted octanol–water partition coefficient (Wildman–Crippen LogP) is 3.12. The van der Waals surface area contributed by atoms with Crippen molar-refractivity contribution in [3.63, 3.8) is 0 Å². The molecule has 2 aromatic heterocycles. The van der Waals surface area contributed by atoms with Crippen LogP contribution in [0, 0.1) is 0 Å². The molecular formula is C17H22F2N4O2. The second kappa shape index (κ2) is 7.43. The number of pyridine rings is 1. The minimum absolute atomic E-state index is 0.158. The van der Waals surface area contributed by atoms with E-state index in [4.69, 9.17) is 4.74 Å². The number of nitrogens with one attached hydrogen (secondary N) is 1. The molecule has 0 amide bonds. The molecule has 0 aliphatic heterocycles. The van der Waals surface area contributed by atoms with Gasteiger partial charge in [0.05, 0.1) is 30.2 Å². The van der Waals surface area contributed by atoms with Crippen molar-refractivity contribution in [1.29, 1.82) is 0 Å². The van der Waals surface area contributed by atoms with Crippen molar-refractivity contribution in [1.82, 2.24) is 15.0 Å². The monoisotopic (exact) mass is 352 g/mol. The van der Waals surface area contributed by atoms with Gasteiger partial charge in [-0.2, -0.15) is 0 Å². The third-order valence-electron chi connectivity index (χ3n) is 4.68. The second-order valence-corrected chi connectivity index (χ2v) is 6.45. The highest BCUT2D eigenvalue weighted by Crippen LogP contribution is 2.37. The van der Waals surface area contributed by atoms with E-state index in [-0.39, 0.29) is 18.0 Å². The molecule has 3 rings (SSSR count). The van der Waals surface area contributed by atoms with E-state index in [1.807, 2.05) is 0 Å². The third-order valence-corrected chi connectivity index (χ3v) is 4.68. The summed E-state index contributed by atoms with van der Waals surface area (Å²) < 4.78 is 30.8. The van der Waals surface area contributed by atoms with Crippen LogP contribution in [0.25, 0.3) is 10.9 Å². The Labute approximate surface area is 144 Å². The van der Waals surface area contributed by atoms with Gasteiger partial charge in [-0.05, 0) is 38.5 Å². The average molecular weight is 352 g/mol. The molecular weight excluding hydrogens is 330 g/mol. The van der Waals surface area contributed by atoms with Crippen LogP contribution in [0.5, 0.6) is 5.88 Å². The van der Waals surface area contributed by atoms with Crippen LogP contribution in [-0.2, 0) is 0 Å². The fourth-order valence-electron chi connectivity index (χ4n) is 3.20. The fourth-order valence-corrected chi connectivity index (χ4v) is 3.20. The number of rotatable bonds is 5. The smallest absolute Gasteiger partial charge is 0.258 e. The van der Waals surface area contributed by atoms with Crippen molar-refractivity contribution in [3.8, 4) is 5.88 Å². The van der Waals surface area contributed by atoms with Crippen molar-refractivity contribution < 1.29 is 18.6 Å². The zero-order valence-electron chi connectivity index (χ0n) is 14.2. The molecule has 25 heavy (non-hydrogen) atoms. The lowest BCUT2D eigenvalue weighted by Crippen LogP contribution is -2.25. The van der Waals surface area contributed by atoms with Gasteiger partial charge in [0.25, 0.3) is 6.43 Å². The molecule has 2 N–H and O–H groups in total. The van der Waals surface area contributed by atoms with E-state index in [9.17, 15) is 13.9 Å². The van der Waals surface area contributed by atoms with Gasteiger partial charge in [0.15, 0.2) is 0 Å². The molecule has 0 unspecified atom stereocenters. The number of aliphatic hydroxyl groups is 1. The molecule has 2 aromatic rings. The molecule has 136 valence electrons. The molecule has 1 aliphatic carbocycles. The highest BCUT2D eigenvalue weighted by Gasteiger charge is 2.25. The van der Waals surface area contributed by atoms with Crippen LogP contribution >= 0.6 is 0 Å². The third kappa shape index (κ3) is 3.78. The van der Waals surface area contributed by atoms with E-state index in [1.165, 1.54) is 14.0 Å². The molecule has 0 saturated heterocycles. The summed E-state index contributed by atoms with van der Waals surface area (Å²) in [6.45, 7) is 1.38. The Balaban J connectivity index is 2.00. The molecule has 2 heterocycles. The quantitative estimate of drug-likeness (QED) is 0.861. The normalized spacial score (nSPS) is 22.2. The summed E-state index contributed by atoms with van der Waals surface area (Å²) in [6, 6.07) is -1.05. The van der Waals surface area contributed by atoms with Gasteiger partial charge in [-0.3, -0.25) is 0 Å². The molecule has 6 nitrogen and oxygen atoms in total. The Morgan fingerprint density at radius 2 is 1.92 bits per heavy atom. The lowest BCUT2D eigenvalue weighted by atomic mass is 9.83. The first-order chi connectivity index (χ1) is 12.0. The minimum atomic E-state index is -2.51. The van der Waals surface area contributed by atoms with Gasteiger partial charge < -0.3 is 15.2 Å². The maximum atomic E-state index is 12.8. The Morgan fingerprint density at radius 1 is 1.20 bits per heavy atom. The van der Waals surface area contributed by atoms with Gasteiger partial charge in [0.1, 0.15) is 0 Å². The van der Waals surface area contributed by atoms with E-state index < -0.39 is 12.5 Å². The van der Waals surface area contributed by atoms with Crippen LogP contribution in [0.2, 0.25) is 0 Å². The first kappa shape index (κ1) is 17.7. The van der Waals surface area contributed by atoms with Crippen LogP contribution in [0.15, 0.2) is 12.4 Å². The van der Waals surface area contributed by atoms with Crippen LogP contribution in [0.4, 0.5) is 14.7 Å². The lowest BCUT2D eigenvalue weighted by molar-refractivity contribution is 0.122.